The Balaban J connectivity index is 3.66. The van der Waals surface area contributed by atoms with Crippen molar-refractivity contribution in [1.29, 1.82) is 0 Å². The van der Waals surface area contributed by atoms with Gasteiger partial charge in [0, 0.05) is 0 Å². The summed E-state index contributed by atoms with van der Waals surface area (Å²) < 4.78 is 5.31. The van der Waals surface area contributed by atoms with E-state index in [1.54, 1.807) is 6.08 Å². The van der Waals surface area contributed by atoms with E-state index >= 15 is 0 Å². The van der Waals surface area contributed by atoms with E-state index in [9.17, 15) is 0 Å². The molecule has 0 aliphatic rings. The van der Waals surface area contributed by atoms with Gasteiger partial charge in [0.25, 0.3) is 0 Å². The van der Waals surface area contributed by atoms with Gasteiger partial charge in [0.1, 0.15) is 0 Å². The number of hydrogen-bond acceptors (Lipinski definition) is 2. The normalized spacial score (nSPS) is 13.0. The molecular formula is C13H22O2. The fraction of sp³-hybridized carbons (Fsp3) is 0.538. The van der Waals surface area contributed by atoms with E-state index < -0.39 is 0 Å². The van der Waals surface area contributed by atoms with E-state index in [1.165, 1.54) is 11.1 Å². The molecule has 2 nitrogen and oxygen atoms in total. The molecule has 0 radical (unpaired) electrons. The first kappa shape index (κ1) is 14.1. The zero-order valence-electron chi connectivity index (χ0n) is 9.83. The summed E-state index contributed by atoms with van der Waals surface area (Å²) in [6.07, 6.45) is 7.78. The molecule has 0 heterocycles. The van der Waals surface area contributed by atoms with Gasteiger partial charge < -0.3 is 9.84 Å². The molecule has 0 spiro atoms. The van der Waals surface area contributed by atoms with Crippen LogP contribution in [0.3, 0.4) is 0 Å². The molecule has 2 heteroatoms. The molecule has 0 aliphatic carbocycles. The van der Waals surface area contributed by atoms with Gasteiger partial charge in [-0.2, -0.15) is 0 Å². The van der Waals surface area contributed by atoms with Crippen LogP contribution in [0.2, 0.25) is 0 Å². The second-order valence-electron chi connectivity index (χ2n) is 3.63. The van der Waals surface area contributed by atoms with Gasteiger partial charge in [0.15, 0.2) is 0 Å². The van der Waals surface area contributed by atoms with Crippen molar-refractivity contribution in [2.75, 3.05) is 19.8 Å². The van der Waals surface area contributed by atoms with Crippen LogP contribution in [0, 0.1) is 0 Å². The number of aliphatic hydroxyl groups excluding tert-OH is 1. The zero-order valence-corrected chi connectivity index (χ0v) is 9.83. The van der Waals surface area contributed by atoms with Crippen molar-refractivity contribution >= 4 is 0 Å². The molecule has 0 saturated carbocycles. The van der Waals surface area contributed by atoms with Crippen molar-refractivity contribution in [3.8, 4) is 0 Å². The number of ether oxygens (including phenoxy) is 1. The predicted molar refractivity (Wildman–Crippen MR) is 64.8 cm³/mol. The van der Waals surface area contributed by atoms with Gasteiger partial charge in [-0.25, -0.2) is 0 Å². The van der Waals surface area contributed by atoms with E-state index in [2.05, 4.69) is 19.6 Å². The second-order valence-corrected chi connectivity index (χ2v) is 3.63. The summed E-state index contributed by atoms with van der Waals surface area (Å²) in [5.74, 6) is 0. The maximum absolute atomic E-state index is 8.67. The van der Waals surface area contributed by atoms with Crippen LogP contribution in [-0.4, -0.2) is 24.9 Å². The van der Waals surface area contributed by atoms with Crippen LogP contribution < -0.4 is 0 Å². The second kappa shape index (κ2) is 9.69. The Hall–Kier alpha value is -0.860. The van der Waals surface area contributed by atoms with Gasteiger partial charge in [0.05, 0.1) is 19.8 Å². The van der Waals surface area contributed by atoms with E-state index in [4.69, 9.17) is 9.84 Å². The fourth-order valence-corrected chi connectivity index (χ4v) is 1.17. The molecular weight excluding hydrogens is 188 g/mol. The van der Waals surface area contributed by atoms with Crippen LogP contribution in [0.15, 0.2) is 36.0 Å². The van der Waals surface area contributed by atoms with Crippen molar-refractivity contribution in [3.63, 3.8) is 0 Å². The van der Waals surface area contributed by atoms with Crippen molar-refractivity contribution in [1.82, 2.24) is 0 Å². The van der Waals surface area contributed by atoms with Crippen LogP contribution in [0.25, 0.3) is 0 Å². The van der Waals surface area contributed by atoms with Gasteiger partial charge in [-0.1, -0.05) is 29.4 Å². The fourth-order valence-electron chi connectivity index (χ4n) is 1.17. The predicted octanol–water partition coefficient (Wildman–Crippen LogP) is 2.85. The zero-order chi connectivity index (χ0) is 11.5. The third-order valence-corrected chi connectivity index (χ3v) is 2.04. The highest BCUT2D eigenvalue weighted by Gasteiger charge is 1.91. The Labute approximate surface area is 93.0 Å². The Morgan fingerprint density at radius 3 is 2.60 bits per heavy atom. The highest BCUT2D eigenvalue weighted by Crippen LogP contribution is 2.06. The molecule has 0 fully saturated rings. The summed E-state index contributed by atoms with van der Waals surface area (Å²) in [7, 11) is 0. The lowest BCUT2D eigenvalue weighted by molar-refractivity contribution is 0.187. The van der Waals surface area contributed by atoms with Gasteiger partial charge in [-0.05, 0) is 26.7 Å². The van der Waals surface area contributed by atoms with Gasteiger partial charge in [-0.15, -0.1) is 6.58 Å². The molecule has 0 unspecified atom stereocenters. The first-order valence-corrected chi connectivity index (χ1v) is 5.31. The molecule has 1 N–H and O–H groups in total. The summed E-state index contributed by atoms with van der Waals surface area (Å²) in [4.78, 5) is 0. The average Bonchev–Trinajstić information content (AvgIpc) is 2.18. The number of allylic oxidation sites excluding steroid dienone is 2. The molecule has 0 aromatic carbocycles. The van der Waals surface area contributed by atoms with Crippen molar-refractivity contribution < 1.29 is 9.84 Å². The molecule has 0 aliphatic heterocycles. The lowest BCUT2D eigenvalue weighted by Crippen LogP contribution is -1.95. The highest BCUT2D eigenvalue weighted by atomic mass is 16.5. The van der Waals surface area contributed by atoms with Crippen LogP contribution >= 0.6 is 0 Å². The van der Waals surface area contributed by atoms with E-state index in [1.807, 2.05) is 13.0 Å². The third-order valence-electron chi connectivity index (χ3n) is 2.04. The monoisotopic (exact) mass is 210 g/mol. The minimum atomic E-state index is 0.136. The topological polar surface area (TPSA) is 29.5 Å². The van der Waals surface area contributed by atoms with Gasteiger partial charge >= 0.3 is 0 Å². The first-order chi connectivity index (χ1) is 7.20. The Kier molecular flexibility index (Phi) is 9.13. The van der Waals surface area contributed by atoms with Crippen LogP contribution in [0.4, 0.5) is 0 Å². The van der Waals surface area contributed by atoms with E-state index in [-0.39, 0.29) is 6.61 Å². The standard InChI is InChI=1S/C13H22O2/c1-4-10-15-11-13(3)7-5-6-12(2)8-9-14/h4,7-8,14H,1,5-6,9-11H2,2-3H3/b12-8+,13-7+. The average molecular weight is 210 g/mol. The molecule has 0 aromatic rings. The molecule has 0 amide bonds. The molecule has 0 atom stereocenters. The smallest absolute Gasteiger partial charge is 0.0678 e. The summed E-state index contributed by atoms with van der Waals surface area (Å²) in [6, 6.07) is 0. The van der Waals surface area contributed by atoms with Crippen molar-refractivity contribution in [2.45, 2.75) is 26.7 Å². The maximum atomic E-state index is 8.67. The van der Waals surface area contributed by atoms with Crippen molar-refractivity contribution in [2.24, 2.45) is 0 Å². The number of aliphatic hydroxyl groups is 1. The lowest BCUT2D eigenvalue weighted by Gasteiger charge is -2.02. The van der Waals surface area contributed by atoms with Crippen LogP contribution in [0.1, 0.15) is 26.7 Å². The molecule has 0 aromatic heterocycles. The van der Waals surface area contributed by atoms with Gasteiger partial charge in [-0.3, -0.25) is 0 Å². The summed E-state index contributed by atoms with van der Waals surface area (Å²) >= 11 is 0. The van der Waals surface area contributed by atoms with E-state index in [0.29, 0.717) is 13.2 Å². The molecule has 15 heavy (non-hydrogen) atoms. The van der Waals surface area contributed by atoms with Gasteiger partial charge in [0.2, 0.25) is 0 Å². The Morgan fingerprint density at radius 2 is 2.00 bits per heavy atom. The summed E-state index contributed by atoms with van der Waals surface area (Å²) in [5.41, 5.74) is 2.47. The molecule has 0 saturated heterocycles. The van der Waals surface area contributed by atoms with Crippen LogP contribution in [0.5, 0.6) is 0 Å². The largest absolute Gasteiger partial charge is 0.392 e. The number of rotatable bonds is 8. The minimum absolute atomic E-state index is 0.136. The minimum Gasteiger partial charge on any atom is -0.392 e. The number of hydrogen-bond donors (Lipinski definition) is 1. The molecule has 0 rings (SSSR count). The summed E-state index contributed by atoms with van der Waals surface area (Å²) in [6.45, 7) is 9.10. The SMILES string of the molecule is C=CCOC/C(C)=C/CC/C(C)=C/CO. The Morgan fingerprint density at radius 1 is 1.27 bits per heavy atom. The molecule has 86 valence electrons. The molecule has 0 bridgehead atoms. The van der Waals surface area contributed by atoms with E-state index in [0.717, 1.165) is 12.8 Å². The third kappa shape index (κ3) is 9.44. The summed E-state index contributed by atoms with van der Waals surface area (Å²) in [5, 5.41) is 8.67. The van der Waals surface area contributed by atoms with Crippen LogP contribution in [-0.2, 0) is 4.74 Å². The maximum Gasteiger partial charge on any atom is 0.0678 e. The van der Waals surface area contributed by atoms with Crippen molar-refractivity contribution in [3.05, 3.63) is 36.0 Å². The Bertz CT molecular complexity index is 227. The quantitative estimate of drug-likeness (QED) is 0.493. The first-order valence-electron chi connectivity index (χ1n) is 5.31. The highest BCUT2D eigenvalue weighted by molar-refractivity contribution is 5.03. The lowest BCUT2D eigenvalue weighted by atomic mass is 10.1.